The molecule has 0 radical (unpaired) electrons. The van der Waals surface area contributed by atoms with E-state index >= 15 is 0 Å². The summed E-state index contributed by atoms with van der Waals surface area (Å²) >= 11 is 5.12. The predicted octanol–water partition coefficient (Wildman–Crippen LogP) is 8.37. The lowest BCUT2D eigenvalue weighted by atomic mass is 10.1. The van der Waals surface area contributed by atoms with Crippen molar-refractivity contribution in [1.29, 1.82) is 0 Å². The lowest BCUT2D eigenvalue weighted by Crippen LogP contribution is -2.17. The third-order valence-corrected chi connectivity index (χ3v) is 7.53. The second kappa shape index (κ2) is 13.9. The van der Waals surface area contributed by atoms with Gasteiger partial charge in [-0.2, -0.15) is 5.10 Å². The van der Waals surface area contributed by atoms with Crippen molar-refractivity contribution < 1.29 is 14.3 Å². The van der Waals surface area contributed by atoms with Gasteiger partial charge in [0.05, 0.1) is 23.0 Å². The second-order valence-corrected chi connectivity index (χ2v) is 11.1. The van der Waals surface area contributed by atoms with Crippen molar-refractivity contribution in [2.45, 2.75) is 20.5 Å². The van der Waals surface area contributed by atoms with Crippen LogP contribution in [0.5, 0.6) is 11.5 Å². The van der Waals surface area contributed by atoms with Crippen LogP contribution in [0.3, 0.4) is 0 Å². The largest absolute Gasteiger partial charge is 0.490 e. The number of hydrogen-bond donors (Lipinski definition) is 2. The fourth-order valence-electron chi connectivity index (χ4n) is 4.04. The Morgan fingerprint density at radius 2 is 1.76 bits per heavy atom. The topological polar surface area (TPSA) is 84.8 Å². The number of carbonyl (C=O) groups is 1. The average molecular weight is 642 g/mol. The molecule has 5 rings (SSSR count). The van der Waals surface area contributed by atoms with Crippen LogP contribution in [0.15, 0.2) is 106 Å². The van der Waals surface area contributed by atoms with Gasteiger partial charge in [-0.15, -0.1) is 11.3 Å². The van der Waals surface area contributed by atoms with Gasteiger partial charge in [0.15, 0.2) is 16.6 Å². The molecule has 0 aliphatic heterocycles. The summed E-state index contributed by atoms with van der Waals surface area (Å²) in [6, 6.07) is 29.1. The van der Waals surface area contributed by atoms with Gasteiger partial charge in [0.25, 0.3) is 5.91 Å². The van der Waals surface area contributed by atoms with Crippen molar-refractivity contribution in [2.24, 2.45) is 5.10 Å². The molecule has 2 N–H and O–H groups in total. The number of aryl methyl sites for hydroxylation is 1. The Labute approximate surface area is 257 Å². The molecule has 0 saturated heterocycles. The number of para-hydroxylation sites is 1. The van der Waals surface area contributed by atoms with Gasteiger partial charge >= 0.3 is 0 Å². The molecule has 5 aromatic rings. The number of ether oxygens (including phenoxy) is 2. The highest BCUT2D eigenvalue weighted by molar-refractivity contribution is 9.10. The first-order valence-electron chi connectivity index (χ1n) is 13.3. The van der Waals surface area contributed by atoms with Gasteiger partial charge in [-0.3, -0.25) is 4.79 Å². The first kappa shape index (κ1) is 29.0. The van der Waals surface area contributed by atoms with E-state index in [1.54, 1.807) is 18.3 Å². The van der Waals surface area contributed by atoms with E-state index < -0.39 is 0 Å². The Bertz CT molecular complexity index is 1670. The summed E-state index contributed by atoms with van der Waals surface area (Å²) in [6.07, 6.45) is 1.57. The molecule has 0 atom stereocenters. The Morgan fingerprint density at radius 1 is 1.00 bits per heavy atom. The van der Waals surface area contributed by atoms with Gasteiger partial charge in [-0.1, -0.05) is 60.2 Å². The van der Waals surface area contributed by atoms with E-state index in [4.69, 9.17) is 9.47 Å². The maximum absolute atomic E-state index is 12.7. The molecule has 4 aromatic carbocycles. The number of rotatable bonds is 11. The summed E-state index contributed by atoms with van der Waals surface area (Å²) < 4.78 is 12.6. The van der Waals surface area contributed by atoms with E-state index in [-0.39, 0.29) is 5.91 Å². The van der Waals surface area contributed by atoms with E-state index in [9.17, 15) is 4.79 Å². The zero-order valence-electron chi connectivity index (χ0n) is 23.1. The van der Waals surface area contributed by atoms with Gasteiger partial charge in [-0.05, 0) is 77.3 Å². The van der Waals surface area contributed by atoms with E-state index in [0.717, 1.165) is 37.7 Å². The number of anilines is 2. The lowest BCUT2D eigenvalue weighted by molar-refractivity contribution is 0.0955. The first-order valence-corrected chi connectivity index (χ1v) is 15.0. The monoisotopic (exact) mass is 640 g/mol. The summed E-state index contributed by atoms with van der Waals surface area (Å²) in [7, 11) is 0. The third kappa shape index (κ3) is 7.63. The van der Waals surface area contributed by atoms with Crippen LogP contribution in [0.1, 0.15) is 34.0 Å². The average Bonchev–Trinajstić information content (AvgIpc) is 3.47. The molecule has 1 aromatic heterocycles. The molecule has 0 fully saturated rings. The lowest BCUT2D eigenvalue weighted by Gasteiger charge is -2.15. The van der Waals surface area contributed by atoms with Crippen molar-refractivity contribution in [3.8, 4) is 22.8 Å². The molecule has 0 unspecified atom stereocenters. The summed E-state index contributed by atoms with van der Waals surface area (Å²) in [5.74, 6) is 0.887. The van der Waals surface area contributed by atoms with Crippen LogP contribution in [0, 0.1) is 6.92 Å². The second-order valence-electron chi connectivity index (χ2n) is 9.34. The Balaban J connectivity index is 1.20. The Kier molecular flexibility index (Phi) is 9.63. The maximum Gasteiger partial charge on any atom is 0.271 e. The summed E-state index contributed by atoms with van der Waals surface area (Å²) in [5.41, 5.74) is 8.83. The quantitative estimate of drug-likeness (QED) is 0.112. The number of nitrogens with zero attached hydrogens (tertiary/aromatic N) is 2. The SMILES string of the molecule is CCOc1cc(/C=N\NC(=O)c2ccc(-c3csc(Nc4ccccc4)n3)cc2)cc(Br)c1OCc1ccc(C)cc1. The normalized spacial score (nSPS) is 10.9. The van der Waals surface area contributed by atoms with Gasteiger partial charge in [0, 0.05) is 22.2 Å². The van der Waals surface area contributed by atoms with E-state index in [1.807, 2.05) is 79.0 Å². The predicted molar refractivity (Wildman–Crippen MR) is 173 cm³/mol. The molecule has 1 heterocycles. The van der Waals surface area contributed by atoms with Gasteiger partial charge in [0.1, 0.15) is 6.61 Å². The molecule has 0 aliphatic rings. The highest BCUT2D eigenvalue weighted by atomic mass is 79.9. The molecule has 0 spiro atoms. The Morgan fingerprint density at radius 3 is 2.50 bits per heavy atom. The van der Waals surface area contributed by atoms with Crippen molar-refractivity contribution >= 4 is 50.2 Å². The minimum Gasteiger partial charge on any atom is -0.490 e. The molecule has 7 nitrogen and oxygen atoms in total. The number of aromatic nitrogens is 1. The summed E-state index contributed by atoms with van der Waals surface area (Å²) in [5, 5.41) is 10.2. The highest BCUT2D eigenvalue weighted by Crippen LogP contribution is 2.37. The molecular weight excluding hydrogens is 612 g/mol. The van der Waals surface area contributed by atoms with Crippen LogP contribution in [-0.2, 0) is 6.61 Å². The number of hydrazone groups is 1. The number of nitrogens with one attached hydrogen (secondary N) is 2. The molecule has 9 heteroatoms. The van der Waals surface area contributed by atoms with E-state index in [1.165, 1.54) is 16.9 Å². The van der Waals surface area contributed by atoms with E-state index in [0.29, 0.717) is 30.3 Å². The summed E-state index contributed by atoms with van der Waals surface area (Å²) in [4.78, 5) is 17.4. The van der Waals surface area contributed by atoms with Crippen LogP contribution in [-0.4, -0.2) is 23.7 Å². The first-order chi connectivity index (χ1) is 20.5. The van der Waals surface area contributed by atoms with Crippen LogP contribution in [0.4, 0.5) is 10.8 Å². The molecule has 1 amide bonds. The van der Waals surface area contributed by atoms with Gasteiger partial charge in [-0.25, -0.2) is 10.4 Å². The maximum atomic E-state index is 12.7. The third-order valence-electron chi connectivity index (χ3n) is 6.19. The van der Waals surface area contributed by atoms with Gasteiger partial charge < -0.3 is 14.8 Å². The van der Waals surface area contributed by atoms with Crippen LogP contribution >= 0.6 is 27.3 Å². The van der Waals surface area contributed by atoms with Crippen LogP contribution in [0.25, 0.3) is 11.3 Å². The van der Waals surface area contributed by atoms with E-state index in [2.05, 4.69) is 55.8 Å². The Hall–Kier alpha value is -4.47. The van der Waals surface area contributed by atoms with Gasteiger partial charge in [0.2, 0.25) is 0 Å². The number of thiazole rings is 1. The molecule has 0 bridgehead atoms. The number of halogens is 1. The highest BCUT2D eigenvalue weighted by Gasteiger charge is 2.13. The fourth-order valence-corrected chi connectivity index (χ4v) is 5.35. The standard InChI is InChI=1S/C33H29BrN4O3S/c1-3-40-30-18-24(17-28(34)31(30)41-20-23-11-9-22(2)10-12-23)19-35-38-32(39)26-15-13-25(14-16-26)29-21-42-33(37-29)36-27-7-5-4-6-8-27/h4-19,21H,3,20H2,1-2H3,(H,36,37)(H,38,39)/b35-19-. The molecule has 0 aliphatic carbocycles. The zero-order chi connectivity index (χ0) is 29.3. The smallest absolute Gasteiger partial charge is 0.271 e. The van der Waals surface area contributed by atoms with Crippen molar-refractivity contribution in [1.82, 2.24) is 10.4 Å². The minimum absolute atomic E-state index is 0.315. The molecule has 212 valence electrons. The van der Waals surface area contributed by atoms with Crippen molar-refractivity contribution in [3.05, 3.63) is 123 Å². The van der Waals surface area contributed by atoms with Crippen molar-refractivity contribution in [2.75, 3.05) is 11.9 Å². The molecular formula is C33H29BrN4O3S. The number of benzene rings is 4. The van der Waals surface area contributed by atoms with Crippen molar-refractivity contribution in [3.63, 3.8) is 0 Å². The number of carbonyl (C=O) groups excluding carboxylic acids is 1. The zero-order valence-corrected chi connectivity index (χ0v) is 25.5. The minimum atomic E-state index is -0.315. The fraction of sp³-hybridized carbons (Fsp3) is 0.121. The molecule has 42 heavy (non-hydrogen) atoms. The summed E-state index contributed by atoms with van der Waals surface area (Å²) in [6.45, 7) is 4.86. The molecule has 0 saturated carbocycles. The number of hydrogen-bond acceptors (Lipinski definition) is 7. The van der Waals surface area contributed by atoms with Crippen LogP contribution in [0.2, 0.25) is 0 Å². The van der Waals surface area contributed by atoms with Crippen LogP contribution < -0.4 is 20.2 Å². The number of amides is 1.